The third kappa shape index (κ3) is 3.88. The first-order valence-corrected chi connectivity index (χ1v) is 9.09. The largest absolute Gasteiger partial charge is 0.397 e. The lowest BCUT2D eigenvalue weighted by Crippen LogP contribution is -2.20. The average molecular weight is 296 g/mol. The highest BCUT2D eigenvalue weighted by Gasteiger charge is 2.18. The Hall–Kier alpha value is -1.23. The van der Waals surface area contributed by atoms with Crippen molar-refractivity contribution in [2.45, 2.75) is 37.5 Å². The Balaban J connectivity index is 1.97. The van der Waals surface area contributed by atoms with Gasteiger partial charge < -0.3 is 11.1 Å². The molecule has 112 valence electrons. The highest BCUT2D eigenvalue weighted by molar-refractivity contribution is 7.90. The molecule has 0 spiro atoms. The molecule has 1 saturated carbocycles. The van der Waals surface area contributed by atoms with Crippen LogP contribution in [0, 0.1) is 11.8 Å². The minimum Gasteiger partial charge on any atom is -0.397 e. The molecular formula is C15H24N2O2S. The summed E-state index contributed by atoms with van der Waals surface area (Å²) in [4.78, 5) is 0.270. The first-order valence-electron chi connectivity index (χ1n) is 7.19. The number of rotatable bonds is 4. The predicted octanol–water partition coefficient (Wildman–Crippen LogP) is 2.91. The molecule has 3 N–H and O–H groups in total. The lowest BCUT2D eigenvalue weighted by atomic mass is 9.83. The standard InChI is InChI=1S/C15H24N2O2S/c1-11-3-5-12(6-4-11)10-17-15-8-7-13(9-14(15)16)20(2,18)19/h7-9,11-12,17H,3-6,10,16H2,1-2H3. The van der Waals surface area contributed by atoms with Gasteiger partial charge in [-0.05, 0) is 42.9 Å². The molecule has 0 heterocycles. The van der Waals surface area contributed by atoms with Gasteiger partial charge in [0.2, 0.25) is 0 Å². The van der Waals surface area contributed by atoms with E-state index in [1.807, 2.05) is 0 Å². The van der Waals surface area contributed by atoms with Crippen molar-refractivity contribution in [3.05, 3.63) is 18.2 Å². The molecule has 0 amide bonds. The summed E-state index contributed by atoms with van der Waals surface area (Å²) >= 11 is 0. The second-order valence-corrected chi connectivity index (χ2v) is 8.04. The van der Waals surface area contributed by atoms with Crippen molar-refractivity contribution in [3.63, 3.8) is 0 Å². The van der Waals surface area contributed by atoms with Crippen LogP contribution in [0.25, 0.3) is 0 Å². The van der Waals surface area contributed by atoms with Crippen LogP contribution >= 0.6 is 0 Å². The summed E-state index contributed by atoms with van der Waals surface area (Å²) in [5.41, 5.74) is 7.26. The van der Waals surface area contributed by atoms with Crippen LogP contribution < -0.4 is 11.1 Å². The van der Waals surface area contributed by atoms with Crippen LogP contribution in [0.15, 0.2) is 23.1 Å². The Morgan fingerprint density at radius 3 is 2.45 bits per heavy atom. The zero-order valence-corrected chi connectivity index (χ0v) is 13.0. The van der Waals surface area contributed by atoms with Gasteiger partial charge in [-0.1, -0.05) is 19.8 Å². The van der Waals surface area contributed by atoms with Crippen LogP contribution in [-0.4, -0.2) is 21.2 Å². The van der Waals surface area contributed by atoms with Crippen molar-refractivity contribution in [2.24, 2.45) is 11.8 Å². The zero-order valence-electron chi connectivity index (χ0n) is 12.2. The highest BCUT2D eigenvalue weighted by atomic mass is 32.2. The summed E-state index contributed by atoms with van der Waals surface area (Å²) in [6.45, 7) is 3.22. The molecule has 0 radical (unpaired) electrons. The summed E-state index contributed by atoms with van der Waals surface area (Å²) in [5.74, 6) is 1.55. The predicted molar refractivity (Wildman–Crippen MR) is 83.6 cm³/mol. The molecule has 0 atom stereocenters. The number of sulfone groups is 1. The number of benzene rings is 1. The van der Waals surface area contributed by atoms with E-state index in [-0.39, 0.29) is 4.90 Å². The molecule has 0 unspecified atom stereocenters. The van der Waals surface area contributed by atoms with Crippen molar-refractivity contribution in [1.82, 2.24) is 0 Å². The van der Waals surface area contributed by atoms with Gasteiger partial charge in [0.25, 0.3) is 0 Å². The van der Waals surface area contributed by atoms with E-state index in [0.717, 1.165) is 18.2 Å². The zero-order chi connectivity index (χ0) is 14.8. The molecule has 4 nitrogen and oxygen atoms in total. The summed E-state index contributed by atoms with van der Waals surface area (Å²) in [6.07, 6.45) is 6.31. The second-order valence-electron chi connectivity index (χ2n) is 6.03. The molecule has 2 rings (SSSR count). The maximum Gasteiger partial charge on any atom is 0.175 e. The third-order valence-electron chi connectivity index (χ3n) is 4.17. The summed E-state index contributed by atoms with van der Waals surface area (Å²) in [6, 6.07) is 4.90. The molecule has 0 aromatic heterocycles. The number of nitrogen functional groups attached to an aromatic ring is 1. The van der Waals surface area contributed by atoms with Crippen LogP contribution in [0.4, 0.5) is 11.4 Å². The van der Waals surface area contributed by atoms with Gasteiger partial charge in [0.05, 0.1) is 16.3 Å². The SMILES string of the molecule is CC1CCC(CNc2ccc(S(C)(=O)=O)cc2N)CC1. The van der Waals surface area contributed by atoms with Crippen molar-refractivity contribution in [1.29, 1.82) is 0 Å². The molecular weight excluding hydrogens is 272 g/mol. The monoisotopic (exact) mass is 296 g/mol. The minimum absolute atomic E-state index is 0.270. The molecule has 1 aliphatic carbocycles. The fourth-order valence-electron chi connectivity index (χ4n) is 2.72. The fourth-order valence-corrected chi connectivity index (χ4v) is 3.38. The van der Waals surface area contributed by atoms with E-state index in [2.05, 4.69) is 12.2 Å². The highest BCUT2D eigenvalue weighted by Crippen LogP contribution is 2.29. The molecule has 0 bridgehead atoms. The van der Waals surface area contributed by atoms with Crippen molar-refractivity contribution >= 4 is 21.2 Å². The second kappa shape index (κ2) is 6.04. The Morgan fingerprint density at radius 2 is 1.90 bits per heavy atom. The van der Waals surface area contributed by atoms with Gasteiger partial charge in [0.1, 0.15) is 0 Å². The quantitative estimate of drug-likeness (QED) is 0.838. The molecule has 1 aliphatic rings. The normalized spacial score (nSPS) is 23.5. The summed E-state index contributed by atoms with van der Waals surface area (Å²) < 4.78 is 22.9. The van der Waals surface area contributed by atoms with Crippen molar-refractivity contribution in [3.8, 4) is 0 Å². The topological polar surface area (TPSA) is 72.2 Å². The van der Waals surface area contributed by atoms with Crippen LogP contribution in [0.3, 0.4) is 0 Å². The van der Waals surface area contributed by atoms with Gasteiger partial charge in [-0.3, -0.25) is 0 Å². The van der Waals surface area contributed by atoms with Crippen molar-refractivity contribution < 1.29 is 8.42 Å². The Morgan fingerprint density at radius 1 is 1.25 bits per heavy atom. The van der Waals surface area contributed by atoms with E-state index in [0.29, 0.717) is 11.6 Å². The third-order valence-corrected chi connectivity index (χ3v) is 5.28. The molecule has 1 aromatic rings. The van der Waals surface area contributed by atoms with E-state index in [4.69, 9.17) is 5.73 Å². The molecule has 1 fully saturated rings. The summed E-state index contributed by atoms with van der Waals surface area (Å²) in [5, 5.41) is 3.36. The molecule has 1 aromatic carbocycles. The lowest BCUT2D eigenvalue weighted by molar-refractivity contribution is 0.300. The Kier molecular flexibility index (Phi) is 4.58. The van der Waals surface area contributed by atoms with Gasteiger partial charge in [0.15, 0.2) is 9.84 Å². The van der Waals surface area contributed by atoms with E-state index in [1.165, 1.54) is 38.0 Å². The van der Waals surface area contributed by atoms with Gasteiger partial charge in [-0.15, -0.1) is 0 Å². The summed E-state index contributed by atoms with van der Waals surface area (Å²) in [7, 11) is -3.19. The molecule has 0 saturated heterocycles. The van der Waals surface area contributed by atoms with E-state index in [1.54, 1.807) is 12.1 Å². The Bertz CT molecular complexity index is 561. The van der Waals surface area contributed by atoms with E-state index >= 15 is 0 Å². The Labute approximate surface area is 121 Å². The van der Waals surface area contributed by atoms with E-state index < -0.39 is 9.84 Å². The number of nitrogens with two attached hydrogens (primary N) is 1. The maximum absolute atomic E-state index is 11.5. The van der Waals surface area contributed by atoms with Gasteiger partial charge in [-0.25, -0.2) is 8.42 Å². The van der Waals surface area contributed by atoms with Crippen LogP contribution in [0.1, 0.15) is 32.6 Å². The van der Waals surface area contributed by atoms with Crippen LogP contribution in [0.2, 0.25) is 0 Å². The number of hydrogen-bond donors (Lipinski definition) is 2. The molecule has 0 aliphatic heterocycles. The lowest BCUT2D eigenvalue weighted by Gasteiger charge is -2.26. The van der Waals surface area contributed by atoms with Crippen LogP contribution in [-0.2, 0) is 9.84 Å². The molecule has 5 heteroatoms. The number of anilines is 2. The number of hydrogen-bond acceptors (Lipinski definition) is 4. The maximum atomic E-state index is 11.5. The molecule has 20 heavy (non-hydrogen) atoms. The van der Waals surface area contributed by atoms with Gasteiger partial charge >= 0.3 is 0 Å². The van der Waals surface area contributed by atoms with Crippen molar-refractivity contribution in [2.75, 3.05) is 23.9 Å². The first kappa shape index (κ1) is 15.2. The van der Waals surface area contributed by atoms with Gasteiger partial charge in [0, 0.05) is 12.8 Å². The van der Waals surface area contributed by atoms with Gasteiger partial charge in [-0.2, -0.15) is 0 Å². The van der Waals surface area contributed by atoms with Crippen LogP contribution in [0.5, 0.6) is 0 Å². The first-order chi connectivity index (χ1) is 9.36. The average Bonchev–Trinajstić information content (AvgIpc) is 2.38. The van der Waals surface area contributed by atoms with E-state index in [9.17, 15) is 8.42 Å². The smallest absolute Gasteiger partial charge is 0.175 e. The minimum atomic E-state index is -3.19. The number of nitrogens with one attached hydrogen (secondary N) is 1. The fraction of sp³-hybridized carbons (Fsp3) is 0.600.